The summed E-state index contributed by atoms with van der Waals surface area (Å²) in [5.74, 6) is -1.01. The number of rotatable bonds is 7. The summed E-state index contributed by atoms with van der Waals surface area (Å²) in [5.41, 5.74) is 10.7. The summed E-state index contributed by atoms with van der Waals surface area (Å²) in [4.78, 5) is 33.5. The summed E-state index contributed by atoms with van der Waals surface area (Å²) >= 11 is 0. The van der Waals surface area contributed by atoms with Crippen LogP contribution in [0.2, 0.25) is 0 Å². The number of aldehydes is 1. The molecule has 0 bridgehead atoms. The Labute approximate surface area is 242 Å². The van der Waals surface area contributed by atoms with Crippen molar-refractivity contribution in [3.8, 4) is 11.3 Å². The van der Waals surface area contributed by atoms with E-state index in [1.807, 2.05) is 30.1 Å². The number of anilines is 1. The molecule has 1 saturated carbocycles. The van der Waals surface area contributed by atoms with E-state index in [1.165, 1.54) is 6.08 Å². The summed E-state index contributed by atoms with van der Waals surface area (Å²) < 4.78 is 30.8. The Morgan fingerprint density at radius 3 is 2.45 bits per heavy atom. The molecule has 8 nitrogen and oxygen atoms in total. The molecular weight excluding hydrogens is 540 g/mol. The van der Waals surface area contributed by atoms with Crippen LogP contribution in [-0.4, -0.2) is 53.1 Å². The van der Waals surface area contributed by atoms with Crippen LogP contribution in [-0.2, 0) is 11.3 Å². The highest BCUT2D eigenvalue weighted by Crippen LogP contribution is 2.45. The Hall–Kier alpha value is -4.44. The third-order valence-corrected chi connectivity index (χ3v) is 7.32. The van der Waals surface area contributed by atoms with Crippen molar-refractivity contribution < 1.29 is 22.8 Å². The number of carbonyl (C=O) groups is 2. The summed E-state index contributed by atoms with van der Waals surface area (Å²) in [6.07, 6.45) is 9.44. The molecule has 6 rings (SSSR count). The minimum atomic E-state index is -2.38. The summed E-state index contributed by atoms with van der Waals surface area (Å²) in [5, 5.41) is 3.83. The van der Waals surface area contributed by atoms with Gasteiger partial charge in [0.2, 0.25) is 5.91 Å². The van der Waals surface area contributed by atoms with Crippen LogP contribution in [0.3, 0.4) is 0 Å². The summed E-state index contributed by atoms with van der Waals surface area (Å²) in [7, 11) is 1.87. The fourth-order valence-corrected chi connectivity index (χ4v) is 4.68. The van der Waals surface area contributed by atoms with Gasteiger partial charge in [-0.15, -0.1) is 0 Å². The second-order valence-electron chi connectivity index (χ2n) is 10.8. The van der Waals surface area contributed by atoms with Gasteiger partial charge in [0.25, 0.3) is 5.92 Å². The van der Waals surface area contributed by atoms with Crippen LogP contribution in [0, 0.1) is 0 Å². The number of likely N-dealkylation sites (tertiary alicyclic amines) is 1. The van der Waals surface area contributed by atoms with Crippen molar-refractivity contribution >= 4 is 35.1 Å². The molecule has 1 aromatic carbocycles. The highest BCUT2D eigenvalue weighted by atomic mass is 19.3. The van der Waals surface area contributed by atoms with Crippen molar-refractivity contribution in [3.05, 3.63) is 83.4 Å². The van der Waals surface area contributed by atoms with Gasteiger partial charge in [-0.2, -0.15) is 0 Å². The topological polar surface area (TPSA) is 114 Å². The lowest BCUT2D eigenvalue weighted by atomic mass is 10.0. The number of nitrogen functional groups attached to an aromatic ring is 1. The van der Waals surface area contributed by atoms with Crippen molar-refractivity contribution in [2.45, 2.75) is 44.1 Å². The number of benzene rings is 1. The summed E-state index contributed by atoms with van der Waals surface area (Å²) in [6, 6.07) is 13.2. The summed E-state index contributed by atoms with van der Waals surface area (Å²) in [6.45, 7) is 1.35. The molecule has 3 N–H and O–H groups in total. The lowest BCUT2D eigenvalue weighted by molar-refractivity contribution is -0.116. The van der Waals surface area contributed by atoms with E-state index < -0.39 is 5.92 Å². The zero-order valence-electron chi connectivity index (χ0n) is 23.4. The standard InChI is InChI=1S/C26H22N4O3.C6H11F2N/c27-24-7-2-16(12-29-24)3-8-25(32)30-14-21-10-20-9-19(23-6-1-17(15-31)13-28-23)11-22(18-4-5-18)26(20)33-21;1-9-4-2-6(7,8)3-5-9/h1-3,6-13,15,18H,4-5,14H2,(H2,27,29)(H,30,32);2-5H2,1H3/b8-3+;. The molecule has 1 saturated heterocycles. The third-order valence-electron chi connectivity index (χ3n) is 7.32. The van der Waals surface area contributed by atoms with Crippen LogP contribution < -0.4 is 11.1 Å². The molecule has 1 amide bonds. The molecule has 1 aliphatic carbocycles. The Morgan fingerprint density at radius 2 is 1.83 bits per heavy atom. The maximum atomic E-state index is 12.4. The maximum absolute atomic E-state index is 12.4. The van der Waals surface area contributed by atoms with E-state index in [0.717, 1.165) is 52.5 Å². The number of pyridine rings is 2. The molecule has 4 heterocycles. The number of hydrogen-bond donors (Lipinski definition) is 2. The number of amides is 1. The fourth-order valence-electron chi connectivity index (χ4n) is 4.68. The molecule has 0 atom stereocenters. The number of piperidine rings is 1. The lowest BCUT2D eigenvalue weighted by Gasteiger charge is -2.28. The smallest absolute Gasteiger partial charge is 0.250 e. The number of fused-ring (bicyclic) bond motifs is 1. The molecule has 0 radical (unpaired) electrons. The van der Waals surface area contributed by atoms with Crippen molar-refractivity contribution in [1.29, 1.82) is 0 Å². The number of furan rings is 1. The molecule has 2 fully saturated rings. The number of nitrogens with one attached hydrogen (secondary N) is 1. The fraction of sp³-hybridized carbons (Fsp3) is 0.312. The number of hydrogen-bond acceptors (Lipinski definition) is 7. The molecule has 10 heteroatoms. The molecule has 2 aliphatic rings. The van der Waals surface area contributed by atoms with E-state index in [-0.39, 0.29) is 25.3 Å². The van der Waals surface area contributed by atoms with Gasteiger partial charge in [-0.3, -0.25) is 14.6 Å². The Kier molecular flexibility index (Phi) is 8.72. The Bertz CT molecular complexity index is 1570. The van der Waals surface area contributed by atoms with E-state index >= 15 is 0 Å². The second-order valence-corrected chi connectivity index (χ2v) is 10.8. The first kappa shape index (κ1) is 29.1. The zero-order valence-corrected chi connectivity index (χ0v) is 23.4. The van der Waals surface area contributed by atoms with Crippen LogP contribution in [0.1, 0.15) is 58.8 Å². The molecule has 3 aromatic heterocycles. The lowest BCUT2D eigenvalue weighted by Crippen LogP contribution is -2.36. The SMILES string of the molecule is CN1CCC(F)(F)CC1.Nc1ccc(/C=C/C(=O)NCc2cc3cc(-c4ccc(C=O)cn4)cc(C4CC4)c3o2)cn1. The maximum Gasteiger partial charge on any atom is 0.250 e. The normalized spacial score (nSPS) is 16.6. The molecule has 42 heavy (non-hydrogen) atoms. The monoisotopic (exact) mass is 573 g/mol. The number of nitrogens with two attached hydrogens (primary N) is 1. The first-order chi connectivity index (χ1) is 20.2. The van der Waals surface area contributed by atoms with E-state index in [4.69, 9.17) is 10.2 Å². The highest BCUT2D eigenvalue weighted by molar-refractivity contribution is 5.92. The van der Waals surface area contributed by atoms with Gasteiger partial charge in [-0.1, -0.05) is 0 Å². The van der Waals surface area contributed by atoms with E-state index in [0.29, 0.717) is 36.1 Å². The van der Waals surface area contributed by atoms with Crippen LogP contribution in [0.4, 0.5) is 14.6 Å². The van der Waals surface area contributed by atoms with Crippen molar-refractivity contribution in [3.63, 3.8) is 0 Å². The van der Waals surface area contributed by atoms with Gasteiger partial charge >= 0.3 is 0 Å². The van der Waals surface area contributed by atoms with Gasteiger partial charge in [0.15, 0.2) is 6.29 Å². The minimum absolute atomic E-state index is 0.0312. The Balaban J connectivity index is 0.000000336. The van der Waals surface area contributed by atoms with Gasteiger partial charge < -0.3 is 20.4 Å². The number of halogens is 2. The average Bonchev–Trinajstić information content (AvgIpc) is 3.76. The molecule has 218 valence electrons. The van der Waals surface area contributed by atoms with Crippen LogP contribution in [0.5, 0.6) is 0 Å². The average molecular weight is 574 g/mol. The van der Waals surface area contributed by atoms with Crippen LogP contribution >= 0.6 is 0 Å². The predicted octanol–water partition coefficient (Wildman–Crippen LogP) is 5.84. The minimum Gasteiger partial charge on any atom is -0.459 e. The van der Waals surface area contributed by atoms with E-state index in [2.05, 4.69) is 21.4 Å². The van der Waals surface area contributed by atoms with Crippen molar-refractivity contribution in [2.24, 2.45) is 0 Å². The predicted molar refractivity (Wildman–Crippen MR) is 158 cm³/mol. The van der Waals surface area contributed by atoms with Gasteiger partial charge in [0, 0.05) is 60.9 Å². The van der Waals surface area contributed by atoms with Gasteiger partial charge in [0.05, 0.1) is 12.2 Å². The van der Waals surface area contributed by atoms with Gasteiger partial charge in [-0.25, -0.2) is 13.8 Å². The molecule has 0 unspecified atom stereocenters. The largest absolute Gasteiger partial charge is 0.459 e. The number of aromatic nitrogens is 2. The quantitative estimate of drug-likeness (QED) is 0.211. The zero-order chi connectivity index (χ0) is 29.7. The van der Waals surface area contributed by atoms with E-state index in [9.17, 15) is 18.4 Å². The van der Waals surface area contributed by atoms with Gasteiger partial charge in [0.1, 0.15) is 17.2 Å². The number of carbonyl (C=O) groups excluding carboxylic acids is 2. The van der Waals surface area contributed by atoms with Crippen molar-refractivity contribution in [2.75, 3.05) is 25.9 Å². The molecule has 1 aliphatic heterocycles. The third kappa shape index (κ3) is 7.64. The highest BCUT2D eigenvalue weighted by Gasteiger charge is 2.32. The molecular formula is C32H33F2N5O3. The number of nitrogens with zero attached hydrogens (tertiary/aromatic N) is 3. The number of alkyl halides is 2. The first-order valence-electron chi connectivity index (χ1n) is 13.9. The first-order valence-corrected chi connectivity index (χ1v) is 13.9. The van der Waals surface area contributed by atoms with E-state index in [1.54, 1.807) is 36.7 Å². The molecule has 0 spiro atoms. The van der Waals surface area contributed by atoms with Crippen molar-refractivity contribution in [1.82, 2.24) is 20.2 Å². The molecule has 4 aromatic rings. The van der Waals surface area contributed by atoms with Crippen LogP contribution in [0.25, 0.3) is 28.3 Å². The van der Waals surface area contributed by atoms with Crippen LogP contribution in [0.15, 0.2) is 65.4 Å². The Morgan fingerprint density at radius 1 is 1.10 bits per heavy atom. The second kappa shape index (κ2) is 12.6. The van der Waals surface area contributed by atoms with Gasteiger partial charge in [-0.05, 0) is 85.5 Å².